The summed E-state index contributed by atoms with van der Waals surface area (Å²) in [5, 5.41) is 2.08. The molecule has 0 unspecified atom stereocenters. The van der Waals surface area contributed by atoms with E-state index in [4.69, 9.17) is 11.6 Å². The van der Waals surface area contributed by atoms with Crippen molar-refractivity contribution in [1.82, 2.24) is 15.3 Å². The quantitative estimate of drug-likeness (QED) is 0.849. The summed E-state index contributed by atoms with van der Waals surface area (Å²) in [4.78, 5) is 6.56. The molecule has 0 spiro atoms. The molecule has 2 aromatic rings. The van der Waals surface area contributed by atoms with Gasteiger partial charge in [-0.1, -0.05) is 11.6 Å². The minimum atomic E-state index is -4.29. The van der Waals surface area contributed by atoms with Crippen molar-refractivity contribution >= 4 is 22.6 Å². The number of imidazole rings is 1. The molecule has 0 saturated carbocycles. The average molecular weight is 282 g/mol. The highest BCUT2D eigenvalue weighted by molar-refractivity contribution is 6.31. The zero-order valence-electron chi connectivity index (χ0n) is 8.91. The van der Waals surface area contributed by atoms with Crippen molar-refractivity contribution in [2.24, 2.45) is 0 Å². The Balaban J connectivity index is 2.13. The van der Waals surface area contributed by atoms with Crippen LogP contribution in [0.15, 0.2) is 12.1 Å². The van der Waals surface area contributed by atoms with Crippen molar-refractivity contribution in [2.45, 2.75) is 12.7 Å². The van der Waals surface area contributed by atoms with Crippen LogP contribution in [0.25, 0.3) is 11.0 Å². The number of rotatable bonds is 3. The largest absolute Gasteiger partial charge is 0.401 e. The topological polar surface area (TPSA) is 40.7 Å². The molecule has 0 fully saturated rings. The maximum atomic E-state index is 13.5. The third-order valence-electron chi connectivity index (χ3n) is 2.21. The van der Waals surface area contributed by atoms with E-state index in [0.717, 1.165) is 0 Å². The van der Waals surface area contributed by atoms with Gasteiger partial charge in [-0.15, -0.1) is 0 Å². The van der Waals surface area contributed by atoms with Crippen molar-refractivity contribution in [3.05, 3.63) is 28.8 Å². The van der Waals surface area contributed by atoms with E-state index in [1.165, 1.54) is 12.1 Å². The first-order valence-corrected chi connectivity index (χ1v) is 5.34. The first-order chi connectivity index (χ1) is 8.37. The summed E-state index contributed by atoms with van der Waals surface area (Å²) >= 11 is 5.57. The molecule has 2 rings (SSSR count). The van der Waals surface area contributed by atoms with Crippen LogP contribution in [0.4, 0.5) is 17.6 Å². The average Bonchev–Trinajstić information content (AvgIpc) is 2.66. The fourth-order valence-electron chi connectivity index (χ4n) is 1.47. The Morgan fingerprint density at radius 3 is 2.72 bits per heavy atom. The molecule has 1 aromatic heterocycles. The number of nitrogens with one attached hydrogen (secondary N) is 2. The van der Waals surface area contributed by atoms with Crippen LogP contribution in [0, 0.1) is 5.82 Å². The van der Waals surface area contributed by atoms with Crippen molar-refractivity contribution in [3.63, 3.8) is 0 Å². The van der Waals surface area contributed by atoms with Crippen LogP contribution < -0.4 is 5.32 Å². The predicted octanol–water partition coefficient (Wildman–Crippen LogP) is 3.01. The van der Waals surface area contributed by atoms with E-state index in [1.54, 1.807) is 0 Å². The predicted molar refractivity (Wildman–Crippen MR) is 58.8 cm³/mol. The van der Waals surface area contributed by atoms with Gasteiger partial charge in [-0.2, -0.15) is 13.2 Å². The molecular weight excluding hydrogens is 274 g/mol. The molecule has 0 atom stereocenters. The lowest BCUT2D eigenvalue weighted by Crippen LogP contribution is -2.28. The zero-order chi connectivity index (χ0) is 13.3. The SMILES string of the molecule is Fc1c(Cl)ccc2[nH]c(CNCC(F)(F)F)nc12. The molecule has 0 aliphatic heterocycles. The molecule has 0 aliphatic rings. The number of hydrogen-bond donors (Lipinski definition) is 2. The lowest BCUT2D eigenvalue weighted by atomic mass is 10.3. The van der Waals surface area contributed by atoms with E-state index in [-0.39, 0.29) is 22.9 Å². The van der Waals surface area contributed by atoms with Crippen LogP contribution in [0.5, 0.6) is 0 Å². The maximum Gasteiger partial charge on any atom is 0.401 e. The number of alkyl halides is 3. The van der Waals surface area contributed by atoms with Crippen LogP contribution in [0.2, 0.25) is 5.02 Å². The van der Waals surface area contributed by atoms with Crippen molar-refractivity contribution in [2.75, 3.05) is 6.54 Å². The lowest BCUT2D eigenvalue weighted by Gasteiger charge is -2.05. The second-order valence-electron chi connectivity index (χ2n) is 3.66. The fraction of sp³-hybridized carbons (Fsp3) is 0.300. The van der Waals surface area contributed by atoms with E-state index in [2.05, 4.69) is 15.3 Å². The van der Waals surface area contributed by atoms with E-state index in [9.17, 15) is 17.6 Å². The van der Waals surface area contributed by atoms with Crippen molar-refractivity contribution < 1.29 is 17.6 Å². The minimum Gasteiger partial charge on any atom is -0.341 e. The molecule has 2 N–H and O–H groups in total. The fourth-order valence-corrected chi connectivity index (χ4v) is 1.63. The van der Waals surface area contributed by atoms with Gasteiger partial charge in [0.2, 0.25) is 0 Å². The highest BCUT2D eigenvalue weighted by Crippen LogP contribution is 2.22. The summed E-state index contributed by atoms with van der Waals surface area (Å²) in [7, 11) is 0. The van der Waals surface area contributed by atoms with Crippen LogP contribution in [0.3, 0.4) is 0 Å². The van der Waals surface area contributed by atoms with Gasteiger partial charge in [0.15, 0.2) is 5.82 Å². The van der Waals surface area contributed by atoms with Gasteiger partial charge in [-0.05, 0) is 12.1 Å². The second kappa shape index (κ2) is 4.74. The van der Waals surface area contributed by atoms with Crippen LogP contribution >= 0.6 is 11.6 Å². The molecule has 0 bridgehead atoms. The number of nitrogens with zero attached hydrogens (tertiary/aromatic N) is 1. The monoisotopic (exact) mass is 281 g/mol. The lowest BCUT2D eigenvalue weighted by molar-refractivity contribution is -0.125. The van der Waals surface area contributed by atoms with Gasteiger partial charge in [0.05, 0.1) is 23.6 Å². The molecule has 1 aromatic carbocycles. The van der Waals surface area contributed by atoms with Crippen molar-refractivity contribution in [1.29, 1.82) is 0 Å². The summed E-state index contributed by atoms with van der Waals surface area (Å²) in [6, 6.07) is 2.87. The van der Waals surface area contributed by atoms with Gasteiger partial charge in [-0.25, -0.2) is 9.37 Å². The van der Waals surface area contributed by atoms with Gasteiger partial charge in [0.1, 0.15) is 11.3 Å². The highest BCUT2D eigenvalue weighted by atomic mass is 35.5. The smallest absolute Gasteiger partial charge is 0.341 e. The van der Waals surface area contributed by atoms with E-state index in [1.807, 2.05) is 0 Å². The van der Waals surface area contributed by atoms with Gasteiger partial charge < -0.3 is 10.3 Å². The van der Waals surface area contributed by atoms with Crippen molar-refractivity contribution in [3.8, 4) is 0 Å². The number of fused-ring (bicyclic) bond motifs is 1. The molecule has 98 valence electrons. The summed E-state index contributed by atoms with van der Waals surface area (Å²) in [6.45, 7) is -1.27. The standard InChI is InChI=1S/C10H8ClF4N3/c11-5-1-2-6-9(8(5)12)18-7(17-6)3-16-4-10(13,14)15/h1-2,16H,3-4H2,(H,17,18). The van der Waals surface area contributed by atoms with Crippen LogP contribution in [-0.4, -0.2) is 22.7 Å². The number of halogens is 5. The Morgan fingerprint density at radius 2 is 2.06 bits per heavy atom. The Hall–Kier alpha value is -1.34. The van der Waals surface area contributed by atoms with E-state index >= 15 is 0 Å². The number of H-pyrrole nitrogens is 1. The third-order valence-corrected chi connectivity index (χ3v) is 2.50. The van der Waals surface area contributed by atoms with Gasteiger partial charge in [0.25, 0.3) is 0 Å². The summed E-state index contributed by atoms with van der Waals surface area (Å²) in [6.07, 6.45) is -4.29. The first kappa shape index (κ1) is 13.1. The Morgan fingerprint density at radius 1 is 1.33 bits per heavy atom. The Kier molecular flexibility index (Phi) is 3.45. The molecule has 3 nitrogen and oxygen atoms in total. The molecule has 0 saturated heterocycles. The maximum absolute atomic E-state index is 13.5. The first-order valence-electron chi connectivity index (χ1n) is 4.97. The van der Waals surface area contributed by atoms with Gasteiger partial charge in [-0.3, -0.25) is 0 Å². The second-order valence-corrected chi connectivity index (χ2v) is 4.07. The van der Waals surface area contributed by atoms with Crippen LogP contribution in [-0.2, 0) is 6.54 Å². The Bertz CT molecular complexity index is 564. The molecule has 0 amide bonds. The number of benzene rings is 1. The Labute approximate surface area is 104 Å². The number of aromatic amines is 1. The zero-order valence-corrected chi connectivity index (χ0v) is 9.66. The molecule has 1 heterocycles. The molecule has 0 aliphatic carbocycles. The molecule has 0 radical (unpaired) electrons. The third kappa shape index (κ3) is 2.91. The minimum absolute atomic E-state index is 0.0197. The van der Waals surface area contributed by atoms with Gasteiger partial charge in [0, 0.05) is 0 Å². The number of aromatic nitrogens is 2. The summed E-state index contributed by atoms with van der Waals surface area (Å²) in [5.74, 6) is -0.470. The normalized spacial score (nSPS) is 12.3. The molecular formula is C10H8ClF4N3. The summed E-state index contributed by atoms with van der Waals surface area (Å²) in [5.41, 5.74) is 0.409. The molecule has 18 heavy (non-hydrogen) atoms. The van der Waals surface area contributed by atoms with Crippen LogP contribution in [0.1, 0.15) is 5.82 Å². The molecule has 8 heteroatoms. The van der Waals surface area contributed by atoms with E-state index < -0.39 is 18.5 Å². The highest BCUT2D eigenvalue weighted by Gasteiger charge is 2.26. The summed E-state index contributed by atoms with van der Waals surface area (Å²) < 4.78 is 49.2. The number of hydrogen-bond acceptors (Lipinski definition) is 2. The van der Waals surface area contributed by atoms with Gasteiger partial charge >= 0.3 is 6.18 Å². The van der Waals surface area contributed by atoms with E-state index in [0.29, 0.717) is 5.52 Å².